The lowest BCUT2D eigenvalue weighted by Crippen LogP contribution is -2.49. The zero-order valence-electron chi connectivity index (χ0n) is 15.0. The number of ether oxygens (including phenoxy) is 1. The van der Waals surface area contributed by atoms with Crippen molar-refractivity contribution < 1.29 is 42.2 Å². The molecule has 0 fully saturated rings. The summed E-state index contributed by atoms with van der Waals surface area (Å²) in [6.07, 6.45) is -3.49. The molecule has 154 valence electrons. The van der Waals surface area contributed by atoms with Crippen LogP contribution < -0.4 is 10.6 Å². The lowest BCUT2D eigenvalue weighted by molar-refractivity contribution is -0.141. The Labute approximate surface area is 158 Å². The van der Waals surface area contributed by atoms with Gasteiger partial charge in [0, 0.05) is 11.8 Å². The first-order valence-electron chi connectivity index (χ1n) is 8.08. The van der Waals surface area contributed by atoms with E-state index in [1.54, 1.807) is 0 Å². The molecule has 3 N–H and O–H groups in total. The third kappa shape index (κ3) is 6.89. The van der Waals surface area contributed by atoms with Gasteiger partial charge in [-0.25, -0.2) is 18.0 Å². The van der Waals surface area contributed by atoms with Crippen molar-refractivity contribution in [3.05, 3.63) is 29.8 Å². The first-order valence-corrected chi connectivity index (χ1v) is 8.08. The summed E-state index contributed by atoms with van der Waals surface area (Å²) < 4.78 is 43.6. The molecule has 0 aromatic heterocycles. The van der Waals surface area contributed by atoms with Crippen LogP contribution in [0.2, 0.25) is 0 Å². The average Bonchev–Trinajstić information content (AvgIpc) is 2.60. The summed E-state index contributed by atoms with van der Waals surface area (Å²) in [5.74, 6) is -6.54. The third-order valence-electron chi connectivity index (χ3n) is 3.48. The molecule has 0 spiro atoms. The van der Waals surface area contributed by atoms with Crippen molar-refractivity contribution in [2.45, 2.75) is 32.4 Å². The van der Waals surface area contributed by atoms with E-state index in [2.05, 4.69) is 5.32 Å². The molecule has 0 aliphatic carbocycles. The Morgan fingerprint density at radius 1 is 1.14 bits per heavy atom. The fourth-order valence-corrected chi connectivity index (χ4v) is 2.10. The first kappa shape index (κ1) is 22.9. The van der Waals surface area contributed by atoms with Crippen LogP contribution in [0.25, 0.3) is 0 Å². The van der Waals surface area contributed by atoms with E-state index in [0.717, 1.165) is 12.1 Å². The number of nitrogens with one attached hydrogen (secondary N) is 2. The van der Waals surface area contributed by atoms with Gasteiger partial charge in [-0.15, -0.1) is 0 Å². The molecular formula is C17H19F3N2O6. The van der Waals surface area contributed by atoms with Crippen LogP contribution in [0.4, 0.5) is 23.7 Å². The van der Waals surface area contributed by atoms with Crippen molar-refractivity contribution >= 4 is 29.4 Å². The fraction of sp³-hybridized carbons (Fsp3) is 0.412. The van der Waals surface area contributed by atoms with E-state index in [0.29, 0.717) is 6.07 Å². The van der Waals surface area contributed by atoms with Gasteiger partial charge in [0.2, 0.25) is 0 Å². The molecule has 0 saturated heterocycles. The highest BCUT2D eigenvalue weighted by Gasteiger charge is 2.31. The van der Waals surface area contributed by atoms with E-state index < -0.39 is 66.5 Å². The number of benzene rings is 1. The molecule has 1 rings (SSSR count). The number of Topliss-reactive ketones (excluding diaryl/α,β-unsaturated/α-hetero) is 1. The predicted octanol–water partition coefficient (Wildman–Crippen LogP) is 2.04. The van der Waals surface area contributed by atoms with Crippen LogP contribution in [0.5, 0.6) is 0 Å². The molecule has 0 aliphatic rings. The molecule has 0 bridgehead atoms. The normalized spacial score (nSPS) is 12.8. The summed E-state index contributed by atoms with van der Waals surface area (Å²) in [4.78, 5) is 46.4. The molecule has 0 aliphatic heterocycles. The van der Waals surface area contributed by atoms with E-state index in [4.69, 9.17) is 9.84 Å². The molecule has 0 radical (unpaired) electrons. The van der Waals surface area contributed by atoms with Crippen LogP contribution in [-0.4, -0.2) is 47.7 Å². The van der Waals surface area contributed by atoms with Crippen LogP contribution in [0.3, 0.4) is 0 Å². The second kappa shape index (κ2) is 10.3. The number of carboxylic acids is 1. The van der Waals surface area contributed by atoms with Crippen molar-refractivity contribution in [1.29, 1.82) is 0 Å². The zero-order chi connectivity index (χ0) is 21.4. The highest BCUT2D eigenvalue weighted by Crippen LogP contribution is 2.15. The summed E-state index contributed by atoms with van der Waals surface area (Å²) in [6.45, 7) is 1.51. The number of anilines is 1. The number of carbonyl (C=O) groups is 4. The fourth-order valence-electron chi connectivity index (χ4n) is 2.10. The maximum Gasteiger partial charge on any atom is 0.412 e. The van der Waals surface area contributed by atoms with Gasteiger partial charge >= 0.3 is 12.1 Å². The Bertz CT molecular complexity index is 756. The minimum Gasteiger partial charge on any atom is -0.481 e. The lowest BCUT2D eigenvalue weighted by atomic mass is 10.0. The van der Waals surface area contributed by atoms with E-state index in [-0.39, 0.29) is 5.69 Å². The van der Waals surface area contributed by atoms with Crippen LogP contribution in [0.15, 0.2) is 18.2 Å². The quantitative estimate of drug-likeness (QED) is 0.579. The van der Waals surface area contributed by atoms with Crippen LogP contribution in [-0.2, 0) is 19.1 Å². The Morgan fingerprint density at radius 3 is 2.29 bits per heavy atom. The number of carboxylic acid groups (broad SMARTS) is 1. The highest BCUT2D eigenvalue weighted by atomic mass is 19.2. The van der Waals surface area contributed by atoms with Gasteiger partial charge in [0.15, 0.2) is 23.5 Å². The van der Waals surface area contributed by atoms with E-state index >= 15 is 0 Å². The van der Waals surface area contributed by atoms with Crippen molar-refractivity contribution in [2.75, 3.05) is 12.0 Å². The van der Waals surface area contributed by atoms with Crippen molar-refractivity contribution in [3.63, 3.8) is 0 Å². The highest BCUT2D eigenvalue weighted by molar-refractivity contribution is 5.94. The SMILES string of the molecule is CC(C)[C@H](OC(=O)Nc1ccc(F)c(F)c1)C(=O)NC(CC(=O)O)C(=O)CF. The number of aliphatic carboxylic acids is 1. The molecule has 11 heteroatoms. The largest absolute Gasteiger partial charge is 0.481 e. The summed E-state index contributed by atoms with van der Waals surface area (Å²) in [7, 11) is 0. The van der Waals surface area contributed by atoms with Gasteiger partial charge < -0.3 is 15.2 Å². The Hall–Kier alpha value is -3.11. The molecule has 1 aromatic carbocycles. The minimum atomic E-state index is -1.63. The van der Waals surface area contributed by atoms with Crippen LogP contribution in [0, 0.1) is 17.6 Å². The van der Waals surface area contributed by atoms with Crippen molar-refractivity contribution in [2.24, 2.45) is 5.92 Å². The Balaban J connectivity index is 2.83. The zero-order valence-corrected chi connectivity index (χ0v) is 15.0. The van der Waals surface area contributed by atoms with E-state index in [9.17, 15) is 32.3 Å². The summed E-state index contributed by atoms with van der Waals surface area (Å²) in [5.41, 5.74) is -0.136. The topological polar surface area (TPSA) is 122 Å². The maximum atomic E-state index is 13.2. The van der Waals surface area contributed by atoms with Gasteiger partial charge in [0.25, 0.3) is 5.91 Å². The molecule has 0 heterocycles. The smallest absolute Gasteiger partial charge is 0.412 e. The maximum absolute atomic E-state index is 13.2. The number of ketones is 1. The van der Waals surface area contributed by atoms with Crippen molar-refractivity contribution in [3.8, 4) is 0 Å². The predicted molar refractivity (Wildman–Crippen MR) is 90.3 cm³/mol. The number of alkyl halides is 1. The molecule has 2 atom stereocenters. The lowest BCUT2D eigenvalue weighted by Gasteiger charge is -2.23. The number of halogens is 3. The van der Waals surface area contributed by atoms with Gasteiger partial charge in [-0.2, -0.15) is 0 Å². The standard InChI is InChI=1S/C17H19F3N2O6/c1-8(2)15(16(26)22-12(6-14(24)25)13(23)7-18)28-17(27)21-9-3-4-10(19)11(20)5-9/h3-5,8,12,15H,6-7H2,1-2H3,(H,21,27)(H,22,26)(H,24,25)/t12?,15-/m0/s1. The molecule has 0 saturated carbocycles. The second-order valence-electron chi connectivity index (χ2n) is 6.08. The number of hydrogen-bond acceptors (Lipinski definition) is 5. The minimum absolute atomic E-state index is 0.136. The van der Waals surface area contributed by atoms with Crippen LogP contribution in [0.1, 0.15) is 20.3 Å². The number of hydrogen-bond donors (Lipinski definition) is 3. The molecule has 1 unspecified atom stereocenters. The van der Waals surface area contributed by atoms with E-state index in [1.165, 1.54) is 13.8 Å². The molecular weight excluding hydrogens is 385 g/mol. The van der Waals surface area contributed by atoms with Gasteiger partial charge in [0.1, 0.15) is 12.7 Å². The number of rotatable bonds is 9. The second-order valence-corrected chi connectivity index (χ2v) is 6.08. The number of amides is 2. The van der Waals surface area contributed by atoms with Gasteiger partial charge in [0.05, 0.1) is 6.42 Å². The molecule has 1 aromatic rings. The molecule has 2 amide bonds. The van der Waals surface area contributed by atoms with Gasteiger partial charge in [-0.1, -0.05) is 13.8 Å². The molecule has 8 nitrogen and oxygen atoms in total. The Kier molecular flexibility index (Phi) is 8.42. The van der Waals surface area contributed by atoms with Crippen LogP contribution >= 0.6 is 0 Å². The number of carbonyl (C=O) groups excluding carboxylic acids is 3. The summed E-state index contributed by atoms with van der Waals surface area (Å²) in [6, 6.07) is 0.905. The average molecular weight is 404 g/mol. The van der Waals surface area contributed by atoms with Gasteiger partial charge in [-0.3, -0.25) is 19.7 Å². The third-order valence-corrected chi connectivity index (χ3v) is 3.48. The monoisotopic (exact) mass is 404 g/mol. The van der Waals surface area contributed by atoms with E-state index in [1.807, 2.05) is 5.32 Å². The first-order chi connectivity index (χ1) is 13.0. The van der Waals surface area contributed by atoms with Gasteiger partial charge in [-0.05, 0) is 18.1 Å². The molecule has 28 heavy (non-hydrogen) atoms. The summed E-state index contributed by atoms with van der Waals surface area (Å²) in [5, 5.41) is 12.9. The Morgan fingerprint density at radius 2 is 1.79 bits per heavy atom. The van der Waals surface area contributed by atoms with Crippen molar-refractivity contribution in [1.82, 2.24) is 5.32 Å². The summed E-state index contributed by atoms with van der Waals surface area (Å²) >= 11 is 0.